The average Bonchev–Trinajstić information content (AvgIpc) is 2.29. The van der Waals surface area contributed by atoms with E-state index in [-0.39, 0.29) is 0 Å². The van der Waals surface area contributed by atoms with Crippen LogP contribution < -0.4 is 5.32 Å². The minimum absolute atomic E-state index is 0.703. The first-order valence-corrected chi connectivity index (χ1v) is 6.94. The van der Waals surface area contributed by atoms with E-state index < -0.39 is 0 Å². The number of ether oxygens (including phenoxy) is 2. The Bertz CT molecular complexity index is 151. The van der Waals surface area contributed by atoms with Crippen molar-refractivity contribution in [3.05, 3.63) is 0 Å². The average molecular weight is 245 g/mol. The van der Waals surface area contributed by atoms with Crippen molar-refractivity contribution in [2.24, 2.45) is 11.8 Å². The highest BCUT2D eigenvalue weighted by Crippen LogP contribution is 2.09. The second-order valence-electron chi connectivity index (χ2n) is 5.24. The lowest BCUT2D eigenvalue weighted by Gasteiger charge is -2.13. The van der Waals surface area contributed by atoms with Crippen molar-refractivity contribution in [1.82, 2.24) is 5.32 Å². The summed E-state index contributed by atoms with van der Waals surface area (Å²) >= 11 is 0. The lowest BCUT2D eigenvalue weighted by molar-refractivity contribution is 0.0673. The van der Waals surface area contributed by atoms with Crippen LogP contribution in [0.2, 0.25) is 0 Å². The Kier molecular flexibility index (Phi) is 12.3. The molecular weight excluding hydrogens is 214 g/mol. The Morgan fingerprint density at radius 1 is 1.00 bits per heavy atom. The highest BCUT2D eigenvalue weighted by atomic mass is 16.5. The second-order valence-corrected chi connectivity index (χ2v) is 5.24. The van der Waals surface area contributed by atoms with Crippen molar-refractivity contribution in [1.29, 1.82) is 0 Å². The quantitative estimate of drug-likeness (QED) is 0.536. The first kappa shape index (κ1) is 16.9. The molecule has 0 rings (SSSR count). The van der Waals surface area contributed by atoms with Gasteiger partial charge in [0, 0.05) is 13.7 Å². The molecule has 0 saturated heterocycles. The van der Waals surface area contributed by atoms with Gasteiger partial charge in [0.05, 0.1) is 13.2 Å². The van der Waals surface area contributed by atoms with E-state index in [2.05, 4.69) is 26.1 Å². The highest BCUT2D eigenvalue weighted by Gasteiger charge is 2.02. The molecule has 0 saturated carbocycles. The lowest BCUT2D eigenvalue weighted by Crippen LogP contribution is -2.22. The molecule has 104 valence electrons. The summed E-state index contributed by atoms with van der Waals surface area (Å²) in [4.78, 5) is 0. The van der Waals surface area contributed by atoms with Crippen molar-refractivity contribution in [2.75, 3.05) is 40.0 Å². The molecule has 0 aliphatic rings. The number of methoxy groups -OCH3 is 1. The zero-order valence-corrected chi connectivity index (χ0v) is 12.1. The zero-order valence-electron chi connectivity index (χ0n) is 12.1. The smallest absolute Gasteiger partial charge is 0.0700 e. The first-order valence-electron chi connectivity index (χ1n) is 6.94. The van der Waals surface area contributed by atoms with E-state index in [9.17, 15) is 0 Å². The van der Waals surface area contributed by atoms with Gasteiger partial charge >= 0.3 is 0 Å². The van der Waals surface area contributed by atoms with Gasteiger partial charge in [0.1, 0.15) is 0 Å². The molecule has 0 aromatic heterocycles. The summed E-state index contributed by atoms with van der Waals surface area (Å²) in [5, 5.41) is 3.49. The van der Waals surface area contributed by atoms with Crippen LogP contribution in [-0.2, 0) is 9.47 Å². The summed E-state index contributed by atoms with van der Waals surface area (Å²) in [6, 6.07) is 0. The summed E-state index contributed by atoms with van der Waals surface area (Å²) in [5.74, 6) is 1.54. The van der Waals surface area contributed by atoms with Gasteiger partial charge in [-0.1, -0.05) is 20.8 Å². The van der Waals surface area contributed by atoms with E-state index in [0.29, 0.717) is 6.61 Å². The molecule has 3 heteroatoms. The Morgan fingerprint density at radius 3 is 2.41 bits per heavy atom. The van der Waals surface area contributed by atoms with E-state index in [1.807, 2.05) is 0 Å². The maximum absolute atomic E-state index is 5.44. The molecule has 17 heavy (non-hydrogen) atoms. The fraction of sp³-hybridized carbons (Fsp3) is 1.00. The Balaban J connectivity index is 3.14. The summed E-state index contributed by atoms with van der Waals surface area (Å²) < 4.78 is 10.4. The number of rotatable bonds is 12. The van der Waals surface area contributed by atoms with Gasteiger partial charge in [0.2, 0.25) is 0 Å². The van der Waals surface area contributed by atoms with Crippen LogP contribution in [0.3, 0.4) is 0 Å². The van der Waals surface area contributed by atoms with Crippen molar-refractivity contribution in [3.63, 3.8) is 0 Å². The standard InChI is InChI=1S/C14H31NO2/c1-13(2)12-15-8-7-14(3)6-5-9-17-11-10-16-4/h13-15H,5-12H2,1-4H3. The van der Waals surface area contributed by atoms with E-state index in [1.54, 1.807) is 7.11 Å². The molecule has 3 nitrogen and oxygen atoms in total. The van der Waals surface area contributed by atoms with Crippen LogP contribution in [0.25, 0.3) is 0 Å². The number of nitrogens with one attached hydrogen (secondary N) is 1. The maximum Gasteiger partial charge on any atom is 0.0700 e. The van der Waals surface area contributed by atoms with Gasteiger partial charge in [-0.3, -0.25) is 0 Å². The minimum atomic E-state index is 0.703. The van der Waals surface area contributed by atoms with E-state index >= 15 is 0 Å². The van der Waals surface area contributed by atoms with Crippen LogP contribution in [0.15, 0.2) is 0 Å². The van der Waals surface area contributed by atoms with Gasteiger partial charge in [0.15, 0.2) is 0 Å². The van der Waals surface area contributed by atoms with Crippen molar-refractivity contribution < 1.29 is 9.47 Å². The molecule has 0 aliphatic carbocycles. The highest BCUT2D eigenvalue weighted by molar-refractivity contribution is 4.57. The predicted octanol–water partition coefficient (Wildman–Crippen LogP) is 2.70. The minimum Gasteiger partial charge on any atom is -0.382 e. The van der Waals surface area contributed by atoms with E-state index in [0.717, 1.165) is 44.6 Å². The maximum atomic E-state index is 5.44. The Labute approximate surface area is 107 Å². The van der Waals surface area contributed by atoms with Crippen LogP contribution in [0.5, 0.6) is 0 Å². The van der Waals surface area contributed by atoms with Crippen LogP contribution in [0.4, 0.5) is 0 Å². The largest absolute Gasteiger partial charge is 0.382 e. The van der Waals surface area contributed by atoms with E-state index in [4.69, 9.17) is 9.47 Å². The molecule has 0 aliphatic heterocycles. The SMILES string of the molecule is COCCOCCCC(C)CCNCC(C)C. The number of hydrogen-bond acceptors (Lipinski definition) is 3. The fourth-order valence-corrected chi connectivity index (χ4v) is 1.66. The van der Waals surface area contributed by atoms with Crippen LogP contribution >= 0.6 is 0 Å². The van der Waals surface area contributed by atoms with Crippen molar-refractivity contribution in [2.45, 2.75) is 40.0 Å². The normalized spacial score (nSPS) is 13.2. The molecule has 0 amide bonds. The molecule has 0 aromatic rings. The molecule has 1 unspecified atom stereocenters. The third-order valence-corrected chi connectivity index (χ3v) is 2.78. The predicted molar refractivity (Wildman–Crippen MR) is 73.4 cm³/mol. The van der Waals surface area contributed by atoms with Crippen molar-refractivity contribution in [3.8, 4) is 0 Å². The molecule has 1 atom stereocenters. The zero-order chi connectivity index (χ0) is 12.9. The summed E-state index contributed by atoms with van der Waals surface area (Å²) in [5.41, 5.74) is 0. The molecule has 0 radical (unpaired) electrons. The fourth-order valence-electron chi connectivity index (χ4n) is 1.66. The third-order valence-electron chi connectivity index (χ3n) is 2.78. The monoisotopic (exact) mass is 245 g/mol. The Hall–Kier alpha value is -0.120. The lowest BCUT2D eigenvalue weighted by atomic mass is 10.0. The molecule has 0 aromatic carbocycles. The van der Waals surface area contributed by atoms with E-state index in [1.165, 1.54) is 12.8 Å². The molecule has 1 N–H and O–H groups in total. The van der Waals surface area contributed by atoms with Gasteiger partial charge in [-0.2, -0.15) is 0 Å². The molecule has 0 fully saturated rings. The van der Waals surface area contributed by atoms with Crippen molar-refractivity contribution >= 4 is 0 Å². The van der Waals surface area contributed by atoms with Crippen LogP contribution in [0.1, 0.15) is 40.0 Å². The molecule has 0 bridgehead atoms. The van der Waals surface area contributed by atoms with Crippen LogP contribution in [-0.4, -0.2) is 40.0 Å². The van der Waals surface area contributed by atoms with Gasteiger partial charge in [-0.25, -0.2) is 0 Å². The summed E-state index contributed by atoms with van der Waals surface area (Å²) in [7, 11) is 1.70. The van der Waals surface area contributed by atoms with Gasteiger partial charge in [0.25, 0.3) is 0 Å². The first-order chi connectivity index (χ1) is 8.16. The van der Waals surface area contributed by atoms with Gasteiger partial charge < -0.3 is 14.8 Å². The summed E-state index contributed by atoms with van der Waals surface area (Å²) in [6.45, 7) is 11.4. The summed E-state index contributed by atoms with van der Waals surface area (Å²) in [6.07, 6.45) is 3.69. The topological polar surface area (TPSA) is 30.5 Å². The Morgan fingerprint density at radius 2 is 1.76 bits per heavy atom. The molecule has 0 spiro atoms. The molecular formula is C14H31NO2. The van der Waals surface area contributed by atoms with Gasteiger partial charge in [-0.15, -0.1) is 0 Å². The third kappa shape index (κ3) is 13.8. The van der Waals surface area contributed by atoms with Crippen LogP contribution in [0, 0.1) is 11.8 Å². The number of hydrogen-bond donors (Lipinski definition) is 1. The van der Waals surface area contributed by atoms with Gasteiger partial charge in [-0.05, 0) is 44.2 Å². The molecule has 0 heterocycles. The second kappa shape index (κ2) is 12.3.